The van der Waals surface area contributed by atoms with Crippen molar-refractivity contribution in [2.75, 3.05) is 18.2 Å². The molecule has 0 bridgehead atoms. The molecule has 1 amide bonds. The van der Waals surface area contributed by atoms with Gasteiger partial charge in [-0.15, -0.1) is 11.8 Å². The van der Waals surface area contributed by atoms with Gasteiger partial charge in [0, 0.05) is 18.7 Å². The van der Waals surface area contributed by atoms with Crippen molar-refractivity contribution in [2.24, 2.45) is 0 Å². The minimum absolute atomic E-state index is 0.183. The number of aliphatic carboxylic acids is 1. The lowest BCUT2D eigenvalue weighted by molar-refractivity contribution is -0.147. The number of carboxylic acid groups (broad SMARTS) is 1. The van der Waals surface area contributed by atoms with E-state index < -0.39 is 18.2 Å². The van der Waals surface area contributed by atoms with Crippen molar-refractivity contribution < 1.29 is 19.4 Å². The summed E-state index contributed by atoms with van der Waals surface area (Å²) in [4.78, 5) is 24.5. The van der Waals surface area contributed by atoms with Crippen LogP contribution in [0.3, 0.4) is 0 Å². The SMILES string of the molecule is O=C(O)[C@H](Cc1ccccc1)OC(=O)N1CCSC1. The monoisotopic (exact) mass is 281 g/mol. The Hall–Kier alpha value is -1.69. The highest BCUT2D eigenvalue weighted by molar-refractivity contribution is 7.99. The van der Waals surface area contributed by atoms with Crippen molar-refractivity contribution in [3.8, 4) is 0 Å². The molecule has 0 aliphatic carbocycles. The average molecular weight is 281 g/mol. The van der Waals surface area contributed by atoms with Gasteiger partial charge in [-0.1, -0.05) is 30.3 Å². The molecule has 5 nitrogen and oxygen atoms in total. The van der Waals surface area contributed by atoms with E-state index in [9.17, 15) is 9.59 Å². The molecule has 2 rings (SSSR count). The Morgan fingerprint density at radius 3 is 2.68 bits per heavy atom. The molecule has 1 aromatic rings. The molecular formula is C13H15NO4S. The Morgan fingerprint density at radius 2 is 2.11 bits per heavy atom. The van der Waals surface area contributed by atoms with Gasteiger partial charge in [-0.3, -0.25) is 4.90 Å². The van der Waals surface area contributed by atoms with Crippen molar-refractivity contribution in [3.05, 3.63) is 35.9 Å². The summed E-state index contributed by atoms with van der Waals surface area (Å²) in [6.07, 6.45) is -1.50. The first-order valence-electron chi connectivity index (χ1n) is 5.97. The average Bonchev–Trinajstić information content (AvgIpc) is 2.93. The zero-order valence-corrected chi connectivity index (χ0v) is 11.1. The van der Waals surface area contributed by atoms with Crippen LogP contribution in [0, 0.1) is 0 Å². The molecule has 6 heteroatoms. The first-order chi connectivity index (χ1) is 9.16. The molecule has 0 saturated carbocycles. The van der Waals surface area contributed by atoms with Crippen LogP contribution in [0.2, 0.25) is 0 Å². The van der Waals surface area contributed by atoms with Crippen molar-refractivity contribution in [3.63, 3.8) is 0 Å². The van der Waals surface area contributed by atoms with Crippen LogP contribution in [0.5, 0.6) is 0 Å². The van der Waals surface area contributed by atoms with Crippen molar-refractivity contribution in [2.45, 2.75) is 12.5 Å². The molecule has 0 spiro atoms. The summed E-state index contributed by atoms with van der Waals surface area (Å²) in [5, 5.41) is 9.13. The molecule has 1 N–H and O–H groups in total. The third-order valence-electron chi connectivity index (χ3n) is 2.79. The molecule has 19 heavy (non-hydrogen) atoms. The Kier molecular flexibility index (Phi) is 4.68. The molecule has 1 aliphatic rings. The van der Waals surface area contributed by atoms with E-state index >= 15 is 0 Å². The fraction of sp³-hybridized carbons (Fsp3) is 0.385. The first-order valence-corrected chi connectivity index (χ1v) is 7.12. The largest absolute Gasteiger partial charge is 0.478 e. The van der Waals surface area contributed by atoms with Crippen molar-refractivity contribution >= 4 is 23.8 Å². The Balaban J connectivity index is 1.96. The Morgan fingerprint density at radius 1 is 1.37 bits per heavy atom. The summed E-state index contributed by atoms with van der Waals surface area (Å²) in [5.74, 6) is 0.311. The number of benzene rings is 1. The second-order valence-electron chi connectivity index (χ2n) is 4.20. The highest BCUT2D eigenvalue weighted by Gasteiger charge is 2.27. The summed E-state index contributed by atoms with van der Waals surface area (Å²) in [6.45, 7) is 0.612. The van der Waals surface area contributed by atoms with Gasteiger partial charge < -0.3 is 9.84 Å². The fourth-order valence-corrected chi connectivity index (χ4v) is 2.70. The normalized spacial score (nSPS) is 16.1. The van der Waals surface area contributed by atoms with Gasteiger partial charge in [0.15, 0.2) is 0 Å². The molecule has 0 unspecified atom stereocenters. The minimum atomic E-state index is -1.14. The standard InChI is InChI=1S/C13H15NO4S/c15-12(16)11(8-10-4-2-1-3-5-10)18-13(17)14-6-7-19-9-14/h1-5,11H,6-9H2,(H,15,16)/t11-/m0/s1. The number of thioether (sulfide) groups is 1. The van der Waals surface area contributed by atoms with Crippen LogP contribution in [-0.4, -0.2) is 46.3 Å². The summed E-state index contributed by atoms with van der Waals surface area (Å²) < 4.78 is 5.07. The van der Waals surface area contributed by atoms with E-state index in [0.29, 0.717) is 12.4 Å². The van der Waals surface area contributed by atoms with Gasteiger partial charge in [-0.2, -0.15) is 0 Å². The number of ether oxygens (including phenoxy) is 1. The number of carboxylic acids is 1. The summed E-state index contributed by atoms with van der Waals surface area (Å²) in [6, 6.07) is 9.14. The second kappa shape index (κ2) is 6.47. The zero-order chi connectivity index (χ0) is 13.7. The lowest BCUT2D eigenvalue weighted by Gasteiger charge is -2.19. The lowest BCUT2D eigenvalue weighted by Crippen LogP contribution is -2.36. The molecule has 0 radical (unpaired) electrons. The lowest BCUT2D eigenvalue weighted by atomic mass is 10.1. The van der Waals surface area contributed by atoms with Crippen LogP contribution in [0.1, 0.15) is 5.56 Å². The minimum Gasteiger partial charge on any atom is -0.478 e. The summed E-state index contributed by atoms with van der Waals surface area (Å²) >= 11 is 1.63. The first kappa shape index (κ1) is 13.7. The van der Waals surface area contributed by atoms with E-state index in [1.807, 2.05) is 30.3 Å². The maximum absolute atomic E-state index is 11.8. The molecule has 0 aromatic heterocycles. The molecule has 1 aliphatic heterocycles. The van der Waals surface area contributed by atoms with Gasteiger partial charge in [0.05, 0.1) is 5.88 Å². The van der Waals surface area contributed by atoms with Crippen molar-refractivity contribution in [1.29, 1.82) is 0 Å². The van der Waals surface area contributed by atoms with E-state index in [0.717, 1.165) is 11.3 Å². The van der Waals surface area contributed by atoms with Crippen LogP contribution in [-0.2, 0) is 16.0 Å². The predicted octanol–water partition coefficient (Wildman–Crippen LogP) is 1.83. The van der Waals surface area contributed by atoms with Gasteiger partial charge in [0.25, 0.3) is 0 Å². The van der Waals surface area contributed by atoms with Crippen LogP contribution in [0.25, 0.3) is 0 Å². The van der Waals surface area contributed by atoms with E-state index in [2.05, 4.69) is 0 Å². The number of rotatable bonds is 4. The van der Waals surface area contributed by atoms with E-state index in [1.165, 1.54) is 4.90 Å². The molecule has 1 fully saturated rings. The molecule has 1 aromatic carbocycles. The van der Waals surface area contributed by atoms with Gasteiger partial charge in [-0.05, 0) is 5.56 Å². The van der Waals surface area contributed by atoms with Crippen LogP contribution in [0.15, 0.2) is 30.3 Å². The molecule has 1 heterocycles. The number of nitrogens with zero attached hydrogens (tertiary/aromatic N) is 1. The number of carbonyl (C=O) groups excluding carboxylic acids is 1. The van der Waals surface area contributed by atoms with Crippen LogP contribution < -0.4 is 0 Å². The number of hydrogen-bond donors (Lipinski definition) is 1. The van der Waals surface area contributed by atoms with Gasteiger partial charge in [-0.25, -0.2) is 9.59 Å². The summed E-state index contributed by atoms with van der Waals surface area (Å²) in [5.41, 5.74) is 0.832. The number of carbonyl (C=O) groups is 2. The van der Waals surface area contributed by atoms with E-state index in [1.54, 1.807) is 11.8 Å². The molecule has 1 atom stereocenters. The zero-order valence-electron chi connectivity index (χ0n) is 10.3. The van der Waals surface area contributed by atoms with E-state index in [4.69, 9.17) is 9.84 Å². The van der Waals surface area contributed by atoms with Crippen LogP contribution >= 0.6 is 11.8 Å². The maximum atomic E-state index is 11.8. The topological polar surface area (TPSA) is 66.8 Å². The Bertz CT molecular complexity index is 445. The summed E-state index contributed by atoms with van der Waals surface area (Å²) in [7, 11) is 0. The van der Waals surface area contributed by atoms with Gasteiger partial charge >= 0.3 is 12.1 Å². The smallest absolute Gasteiger partial charge is 0.411 e. The maximum Gasteiger partial charge on any atom is 0.411 e. The molecule has 102 valence electrons. The predicted molar refractivity (Wildman–Crippen MR) is 72.1 cm³/mol. The van der Waals surface area contributed by atoms with Crippen molar-refractivity contribution in [1.82, 2.24) is 4.90 Å². The highest BCUT2D eigenvalue weighted by Crippen LogP contribution is 2.16. The number of hydrogen-bond acceptors (Lipinski definition) is 4. The van der Waals surface area contributed by atoms with Gasteiger partial charge in [0.1, 0.15) is 0 Å². The van der Waals surface area contributed by atoms with Gasteiger partial charge in [0.2, 0.25) is 6.10 Å². The molecular weight excluding hydrogens is 266 g/mol. The highest BCUT2D eigenvalue weighted by atomic mass is 32.2. The quantitative estimate of drug-likeness (QED) is 0.912. The number of amides is 1. The third kappa shape index (κ3) is 3.89. The van der Waals surface area contributed by atoms with E-state index in [-0.39, 0.29) is 6.42 Å². The van der Waals surface area contributed by atoms with Crippen LogP contribution in [0.4, 0.5) is 4.79 Å². The Labute approximate surface area is 115 Å². The second-order valence-corrected chi connectivity index (χ2v) is 5.28. The molecule has 1 saturated heterocycles. The fourth-order valence-electron chi connectivity index (χ4n) is 1.76. The third-order valence-corrected chi connectivity index (χ3v) is 3.76.